The molecule has 0 bridgehead atoms. The second-order valence-electron chi connectivity index (χ2n) is 3.99. The first-order chi connectivity index (χ1) is 7.49. The molecule has 1 unspecified atom stereocenters. The highest BCUT2D eigenvalue weighted by Gasteiger charge is 2.31. The average Bonchev–Trinajstić information content (AvgIpc) is 2.51. The number of nitrogens with zero attached hydrogens (tertiary/aromatic N) is 3. The Hall–Kier alpha value is -1.85. The zero-order chi connectivity index (χ0) is 11.9. The van der Waals surface area contributed by atoms with Crippen molar-refractivity contribution in [1.82, 2.24) is 15.1 Å². The predicted molar refractivity (Wildman–Crippen MR) is 57.9 cm³/mol. The van der Waals surface area contributed by atoms with E-state index >= 15 is 0 Å². The lowest BCUT2D eigenvalue weighted by Gasteiger charge is -2.30. The van der Waals surface area contributed by atoms with Gasteiger partial charge in [-0.25, -0.2) is 0 Å². The van der Waals surface area contributed by atoms with E-state index in [9.17, 15) is 9.59 Å². The minimum absolute atomic E-state index is 0.0652. The molecule has 1 saturated heterocycles. The summed E-state index contributed by atoms with van der Waals surface area (Å²) >= 11 is 0. The van der Waals surface area contributed by atoms with Crippen molar-refractivity contribution in [1.29, 1.82) is 0 Å². The summed E-state index contributed by atoms with van der Waals surface area (Å²) in [6.07, 6.45) is 1.75. The fourth-order valence-electron chi connectivity index (χ4n) is 1.86. The van der Waals surface area contributed by atoms with E-state index in [1.165, 1.54) is 4.90 Å². The Labute approximate surface area is 93.2 Å². The van der Waals surface area contributed by atoms with Crippen molar-refractivity contribution in [3.8, 4) is 0 Å². The van der Waals surface area contributed by atoms with Crippen LogP contribution in [0.25, 0.3) is 0 Å². The van der Waals surface area contributed by atoms with E-state index in [-0.39, 0.29) is 18.4 Å². The van der Waals surface area contributed by atoms with Crippen molar-refractivity contribution in [2.75, 3.05) is 11.4 Å². The molecule has 1 aromatic heterocycles. The number of carbonyl (C=O) groups excluding carboxylic acids is 2. The van der Waals surface area contributed by atoms with Gasteiger partial charge in [0, 0.05) is 13.2 Å². The van der Waals surface area contributed by atoms with Crippen LogP contribution in [0.3, 0.4) is 0 Å². The summed E-state index contributed by atoms with van der Waals surface area (Å²) in [4.78, 5) is 24.8. The molecule has 1 atom stereocenters. The van der Waals surface area contributed by atoms with Crippen LogP contribution < -0.4 is 10.2 Å². The van der Waals surface area contributed by atoms with Gasteiger partial charge in [0.2, 0.25) is 11.8 Å². The van der Waals surface area contributed by atoms with Gasteiger partial charge in [-0.05, 0) is 13.8 Å². The van der Waals surface area contributed by atoms with Gasteiger partial charge in [0.1, 0.15) is 12.6 Å². The number of hydrogen-bond acceptors (Lipinski definition) is 3. The maximum Gasteiger partial charge on any atom is 0.249 e. The number of amides is 2. The molecule has 1 N–H and O–H groups in total. The van der Waals surface area contributed by atoms with Gasteiger partial charge >= 0.3 is 0 Å². The number of aryl methyl sites for hydroxylation is 2. The van der Waals surface area contributed by atoms with Crippen LogP contribution in [0.5, 0.6) is 0 Å². The third kappa shape index (κ3) is 1.66. The lowest BCUT2D eigenvalue weighted by molar-refractivity contribution is -0.130. The second kappa shape index (κ2) is 3.62. The number of rotatable bonds is 1. The Bertz CT molecular complexity index is 452. The number of aromatic nitrogens is 2. The van der Waals surface area contributed by atoms with Crippen molar-refractivity contribution in [3.05, 3.63) is 11.9 Å². The molecule has 0 spiro atoms. The highest BCUT2D eigenvalue weighted by molar-refractivity contribution is 6.06. The highest BCUT2D eigenvalue weighted by Crippen LogP contribution is 2.20. The van der Waals surface area contributed by atoms with Crippen LogP contribution in [0.2, 0.25) is 0 Å². The van der Waals surface area contributed by atoms with Gasteiger partial charge in [0.15, 0.2) is 0 Å². The van der Waals surface area contributed by atoms with E-state index in [2.05, 4.69) is 10.4 Å². The summed E-state index contributed by atoms with van der Waals surface area (Å²) in [6, 6.07) is -0.471. The molecule has 6 nitrogen and oxygen atoms in total. The van der Waals surface area contributed by atoms with Gasteiger partial charge in [-0.1, -0.05) is 0 Å². The van der Waals surface area contributed by atoms with Gasteiger partial charge in [-0.15, -0.1) is 0 Å². The topological polar surface area (TPSA) is 67.2 Å². The lowest BCUT2D eigenvalue weighted by Crippen LogP contribution is -2.57. The molecular formula is C10H14N4O2. The molecule has 1 aliphatic heterocycles. The molecule has 6 heteroatoms. The average molecular weight is 222 g/mol. The van der Waals surface area contributed by atoms with Crippen LogP contribution in [0.1, 0.15) is 12.6 Å². The number of nitrogens with one attached hydrogen (secondary N) is 1. The minimum Gasteiger partial charge on any atom is -0.343 e. The van der Waals surface area contributed by atoms with E-state index < -0.39 is 6.04 Å². The largest absolute Gasteiger partial charge is 0.343 e. The van der Waals surface area contributed by atoms with Crippen LogP contribution in [0, 0.1) is 6.92 Å². The van der Waals surface area contributed by atoms with Gasteiger partial charge in [-0.2, -0.15) is 5.10 Å². The molecule has 86 valence electrons. The molecule has 1 fully saturated rings. The SMILES string of the molecule is Cc1nn(C)cc1N1CC(=O)NC(C)C1=O. The van der Waals surface area contributed by atoms with Crippen LogP contribution in [-0.4, -0.2) is 34.2 Å². The summed E-state index contributed by atoms with van der Waals surface area (Å²) in [6.45, 7) is 3.56. The molecule has 0 aromatic carbocycles. The molecule has 2 heterocycles. The van der Waals surface area contributed by atoms with Crippen molar-refractivity contribution >= 4 is 17.5 Å². The smallest absolute Gasteiger partial charge is 0.249 e. The van der Waals surface area contributed by atoms with Gasteiger partial charge < -0.3 is 5.32 Å². The zero-order valence-electron chi connectivity index (χ0n) is 9.52. The maximum atomic E-state index is 11.9. The van der Waals surface area contributed by atoms with E-state index in [0.29, 0.717) is 5.69 Å². The van der Waals surface area contributed by atoms with Crippen molar-refractivity contribution in [2.45, 2.75) is 19.9 Å². The minimum atomic E-state index is -0.471. The molecule has 2 amide bonds. The van der Waals surface area contributed by atoms with Gasteiger partial charge in [0.05, 0.1) is 11.4 Å². The van der Waals surface area contributed by atoms with E-state index in [1.54, 1.807) is 24.9 Å². The van der Waals surface area contributed by atoms with Gasteiger partial charge in [-0.3, -0.25) is 19.2 Å². The molecule has 1 aromatic rings. The third-order valence-corrected chi connectivity index (χ3v) is 2.59. The fourth-order valence-corrected chi connectivity index (χ4v) is 1.86. The second-order valence-corrected chi connectivity index (χ2v) is 3.99. The lowest BCUT2D eigenvalue weighted by atomic mass is 10.2. The van der Waals surface area contributed by atoms with E-state index in [1.807, 2.05) is 6.92 Å². The predicted octanol–water partition coefficient (Wildman–Crippen LogP) is -0.420. The fraction of sp³-hybridized carbons (Fsp3) is 0.500. The summed E-state index contributed by atoms with van der Waals surface area (Å²) in [5.41, 5.74) is 1.45. The molecule has 0 radical (unpaired) electrons. The molecule has 0 aliphatic carbocycles. The first-order valence-corrected chi connectivity index (χ1v) is 5.10. The standard InChI is InChI=1S/C10H14N4O2/c1-6-8(4-13(3)12-6)14-5-9(15)11-7(2)10(14)16/h4,7H,5H2,1-3H3,(H,11,15). The summed E-state index contributed by atoms with van der Waals surface area (Å²) in [7, 11) is 1.79. The first-order valence-electron chi connectivity index (χ1n) is 5.10. The Morgan fingerprint density at radius 2 is 2.19 bits per heavy atom. The summed E-state index contributed by atoms with van der Waals surface area (Å²) < 4.78 is 1.63. The summed E-state index contributed by atoms with van der Waals surface area (Å²) in [5, 5.41) is 6.76. The van der Waals surface area contributed by atoms with Crippen molar-refractivity contribution < 1.29 is 9.59 Å². The Morgan fingerprint density at radius 1 is 1.50 bits per heavy atom. The number of hydrogen-bond donors (Lipinski definition) is 1. The van der Waals surface area contributed by atoms with Crippen molar-refractivity contribution in [2.24, 2.45) is 7.05 Å². The molecule has 16 heavy (non-hydrogen) atoms. The molecular weight excluding hydrogens is 208 g/mol. The number of anilines is 1. The Kier molecular flexibility index (Phi) is 2.41. The normalized spacial score (nSPS) is 21.2. The van der Waals surface area contributed by atoms with Gasteiger partial charge in [0.25, 0.3) is 0 Å². The van der Waals surface area contributed by atoms with E-state index in [4.69, 9.17) is 0 Å². The van der Waals surface area contributed by atoms with Crippen molar-refractivity contribution in [3.63, 3.8) is 0 Å². The van der Waals surface area contributed by atoms with Crippen LogP contribution >= 0.6 is 0 Å². The monoisotopic (exact) mass is 222 g/mol. The highest BCUT2D eigenvalue weighted by atomic mass is 16.2. The maximum absolute atomic E-state index is 11.9. The Morgan fingerprint density at radius 3 is 2.75 bits per heavy atom. The number of carbonyl (C=O) groups is 2. The van der Waals surface area contributed by atoms with Crippen LogP contribution in [0.4, 0.5) is 5.69 Å². The zero-order valence-corrected chi connectivity index (χ0v) is 9.52. The first kappa shape index (κ1) is 10.7. The molecule has 1 aliphatic rings. The van der Waals surface area contributed by atoms with Crippen LogP contribution in [0.15, 0.2) is 6.20 Å². The third-order valence-electron chi connectivity index (χ3n) is 2.59. The van der Waals surface area contributed by atoms with Crippen LogP contribution in [-0.2, 0) is 16.6 Å². The number of piperazine rings is 1. The quantitative estimate of drug-likeness (QED) is 0.701. The molecule has 0 saturated carbocycles. The Balaban J connectivity index is 2.35. The molecule has 2 rings (SSSR count). The summed E-state index contributed by atoms with van der Waals surface area (Å²) in [5.74, 6) is -0.244. The van der Waals surface area contributed by atoms with E-state index in [0.717, 1.165) is 5.69 Å².